The van der Waals surface area contributed by atoms with Crippen LogP contribution in [0.15, 0.2) is 12.2 Å². The Morgan fingerprint density at radius 3 is 1.76 bits per heavy atom. The second kappa shape index (κ2) is 16.9. The van der Waals surface area contributed by atoms with Gasteiger partial charge in [0.05, 0.1) is 33.8 Å². The average molecular weight is 376 g/mol. The molecule has 0 fully saturated rings. The van der Waals surface area contributed by atoms with Gasteiger partial charge in [0.2, 0.25) is 0 Å². The number of carbonyl (C=O) groups is 1. The van der Waals surface area contributed by atoms with Crippen LogP contribution in [-0.4, -0.2) is 44.2 Å². The van der Waals surface area contributed by atoms with Crippen LogP contribution < -0.4 is 12.4 Å². The molecule has 0 bridgehead atoms. The van der Waals surface area contributed by atoms with E-state index in [9.17, 15) is 4.79 Å². The second-order valence-corrected chi connectivity index (χ2v) is 7.83. The first-order chi connectivity index (χ1) is 11.4. The summed E-state index contributed by atoms with van der Waals surface area (Å²) in [6.07, 6.45) is 14.8. The van der Waals surface area contributed by atoms with Gasteiger partial charge in [0, 0.05) is 12.0 Å². The standard InChI is InChI=1S/C21H42NO2.ClH/c1-6-7-8-9-10-11-12-13-14-15-17-22(4,5)18-16-19-24-21(23)20(2)3;/h2,6-19H2,1,3-5H3;1H/q+1;/p-1. The van der Waals surface area contributed by atoms with Crippen molar-refractivity contribution >= 4 is 5.97 Å². The van der Waals surface area contributed by atoms with E-state index in [0.717, 1.165) is 17.4 Å². The number of unbranched alkanes of at least 4 members (excludes halogenated alkanes) is 9. The van der Waals surface area contributed by atoms with Crippen molar-refractivity contribution in [3.63, 3.8) is 0 Å². The zero-order valence-electron chi connectivity index (χ0n) is 17.2. The lowest BCUT2D eigenvalue weighted by Crippen LogP contribution is -3.00. The van der Waals surface area contributed by atoms with E-state index in [1.165, 1.54) is 70.8 Å². The van der Waals surface area contributed by atoms with Gasteiger partial charge in [-0.1, -0.05) is 64.9 Å². The molecular formula is C21H42ClNO2. The second-order valence-electron chi connectivity index (χ2n) is 7.83. The van der Waals surface area contributed by atoms with Gasteiger partial charge >= 0.3 is 5.97 Å². The Morgan fingerprint density at radius 1 is 0.840 bits per heavy atom. The number of esters is 1. The molecule has 0 spiro atoms. The Hall–Kier alpha value is -0.540. The lowest BCUT2D eigenvalue weighted by molar-refractivity contribution is -0.890. The van der Waals surface area contributed by atoms with Gasteiger partial charge in [0.15, 0.2) is 0 Å². The van der Waals surface area contributed by atoms with Gasteiger partial charge in [-0.05, 0) is 19.8 Å². The van der Waals surface area contributed by atoms with E-state index in [2.05, 4.69) is 27.6 Å². The number of rotatable bonds is 16. The molecule has 0 aliphatic rings. The highest BCUT2D eigenvalue weighted by atomic mass is 35.5. The van der Waals surface area contributed by atoms with Crippen LogP contribution in [0.3, 0.4) is 0 Å². The fraction of sp³-hybridized carbons (Fsp3) is 0.857. The van der Waals surface area contributed by atoms with Crippen molar-refractivity contribution in [2.45, 2.75) is 84.5 Å². The summed E-state index contributed by atoms with van der Waals surface area (Å²) in [5, 5.41) is 0. The van der Waals surface area contributed by atoms with Crippen molar-refractivity contribution in [3.05, 3.63) is 12.2 Å². The molecule has 0 aromatic rings. The minimum atomic E-state index is -0.269. The molecule has 0 atom stereocenters. The number of halogens is 1. The van der Waals surface area contributed by atoms with E-state index in [4.69, 9.17) is 4.74 Å². The van der Waals surface area contributed by atoms with Crippen LogP contribution in [0.4, 0.5) is 0 Å². The van der Waals surface area contributed by atoms with E-state index in [-0.39, 0.29) is 18.4 Å². The maximum atomic E-state index is 11.3. The highest BCUT2D eigenvalue weighted by molar-refractivity contribution is 5.86. The number of quaternary nitrogens is 1. The fourth-order valence-electron chi connectivity index (χ4n) is 2.92. The van der Waals surface area contributed by atoms with Gasteiger partial charge in [-0.15, -0.1) is 0 Å². The van der Waals surface area contributed by atoms with E-state index in [0.29, 0.717) is 12.2 Å². The van der Waals surface area contributed by atoms with Gasteiger partial charge in [-0.3, -0.25) is 0 Å². The van der Waals surface area contributed by atoms with E-state index >= 15 is 0 Å². The van der Waals surface area contributed by atoms with Crippen LogP contribution in [0.1, 0.15) is 84.5 Å². The number of carbonyl (C=O) groups excluding carboxylic acids is 1. The highest BCUT2D eigenvalue weighted by Crippen LogP contribution is 2.12. The normalized spacial score (nSPS) is 11.0. The molecule has 0 saturated heterocycles. The molecule has 0 amide bonds. The van der Waals surface area contributed by atoms with Crippen LogP contribution >= 0.6 is 0 Å². The van der Waals surface area contributed by atoms with Crippen molar-refractivity contribution in [2.24, 2.45) is 0 Å². The van der Waals surface area contributed by atoms with Crippen LogP contribution in [-0.2, 0) is 9.53 Å². The Bertz CT molecular complexity index is 343. The Kier molecular flexibility index (Phi) is 18.0. The minimum absolute atomic E-state index is 0. The van der Waals surface area contributed by atoms with Crippen LogP contribution in [0.25, 0.3) is 0 Å². The third-order valence-electron chi connectivity index (χ3n) is 4.61. The molecule has 0 aliphatic carbocycles. The third kappa shape index (κ3) is 18.1. The largest absolute Gasteiger partial charge is 1.00 e. The Labute approximate surface area is 163 Å². The van der Waals surface area contributed by atoms with Gasteiger partial charge in [0.1, 0.15) is 0 Å². The quantitative estimate of drug-likeness (QED) is 0.179. The van der Waals surface area contributed by atoms with Gasteiger partial charge in [-0.2, -0.15) is 0 Å². The first-order valence-corrected chi connectivity index (χ1v) is 10.0. The van der Waals surface area contributed by atoms with Gasteiger partial charge in [-0.25, -0.2) is 4.79 Å². The Balaban J connectivity index is 0. The average Bonchev–Trinajstić information content (AvgIpc) is 2.53. The number of nitrogens with zero attached hydrogens (tertiary/aromatic N) is 1. The molecule has 3 nitrogen and oxygen atoms in total. The van der Waals surface area contributed by atoms with Crippen molar-refractivity contribution in [3.8, 4) is 0 Å². The summed E-state index contributed by atoms with van der Waals surface area (Å²) in [5.41, 5.74) is 0.481. The lowest BCUT2D eigenvalue weighted by atomic mass is 10.1. The van der Waals surface area contributed by atoms with E-state index in [1.807, 2.05) is 0 Å². The topological polar surface area (TPSA) is 26.3 Å². The van der Waals surface area contributed by atoms with Crippen LogP contribution in [0.2, 0.25) is 0 Å². The highest BCUT2D eigenvalue weighted by Gasteiger charge is 2.14. The minimum Gasteiger partial charge on any atom is -1.00 e. The summed E-state index contributed by atoms with van der Waals surface area (Å²) in [6, 6.07) is 0. The summed E-state index contributed by atoms with van der Waals surface area (Å²) >= 11 is 0. The molecule has 0 unspecified atom stereocenters. The zero-order chi connectivity index (χ0) is 18.3. The molecule has 0 aromatic carbocycles. The first kappa shape index (κ1) is 26.7. The SMILES string of the molecule is C=C(C)C(=O)OCCC[N+](C)(C)CCCCCCCCCCCC.[Cl-]. The maximum absolute atomic E-state index is 11.3. The zero-order valence-corrected chi connectivity index (χ0v) is 18.0. The summed E-state index contributed by atoms with van der Waals surface area (Å²) < 4.78 is 6.17. The molecule has 150 valence electrons. The molecular weight excluding hydrogens is 334 g/mol. The monoisotopic (exact) mass is 375 g/mol. The van der Waals surface area contributed by atoms with E-state index in [1.54, 1.807) is 6.92 Å². The first-order valence-electron chi connectivity index (χ1n) is 10.0. The molecule has 0 rings (SSSR count). The van der Waals surface area contributed by atoms with Gasteiger partial charge in [0.25, 0.3) is 0 Å². The van der Waals surface area contributed by atoms with E-state index < -0.39 is 0 Å². The summed E-state index contributed by atoms with van der Waals surface area (Å²) in [7, 11) is 4.54. The van der Waals surface area contributed by atoms with Crippen LogP contribution in [0.5, 0.6) is 0 Å². The van der Waals surface area contributed by atoms with Crippen LogP contribution in [0, 0.1) is 0 Å². The van der Waals surface area contributed by atoms with Crippen molar-refractivity contribution in [1.82, 2.24) is 0 Å². The lowest BCUT2D eigenvalue weighted by Gasteiger charge is -2.29. The molecule has 4 heteroatoms. The third-order valence-corrected chi connectivity index (χ3v) is 4.61. The Morgan fingerprint density at radius 2 is 1.28 bits per heavy atom. The molecule has 0 heterocycles. The maximum Gasteiger partial charge on any atom is 0.333 e. The smallest absolute Gasteiger partial charge is 0.333 e. The number of ether oxygens (including phenoxy) is 1. The molecule has 25 heavy (non-hydrogen) atoms. The molecule has 0 aromatic heterocycles. The van der Waals surface area contributed by atoms with Crippen molar-refractivity contribution in [1.29, 1.82) is 0 Å². The summed E-state index contributed by atoms with van der Waals surface area (Å²) in [6.45, 7) is 10.3. The predicted octanol–water partition coefficient (Wildman–Crippen LogP) is 2.50. The summed E-state index contributed by atoms with van der Waals surface area (Å²) in [5.74, 6) is -0.269. The fourth-order valence-corrected chi connectivity index (χ4v) is 2.92. The predicted molar refractivity (Wildman–Crippen MR) is 104 cm³/mol. The molecule has 0 aliphatic heterocycles. The van der Waals surface area contributed by atoms with Crippen molar-refractivity contribution < 1.29 is 26.4 Å². The summed E-state index contributed by atoms with van der Waals surface area (Å²) in [4.78, 5) is 11.3. The molecule has 0 radical (unpaired) electrons. The number of hydrogen-bond acceptors (Lipinski definition) is 2. The van der Waals surface area contributed by atoms with Crippen molar-refractivity contribution in [2.75, 3.05) is 33.8 Å². The molecule has 0 saturated carbocycles. The number of hydrogen-bond donors (Lipinski definition) is 0. The van der Waals surface area contributed by atoms with Gasteiger partial charge < -0.3 is 21.6 Å². The molecule has 0 N–H and O–H groups in total.